The zero-order valence-corrected chi connectivity index (χ0v) is 18.1. The fourth-order valence-corrected chi connectivity index (χ4v) is 3.18. The Morgan fingerprint density at radius 1 is 1.03 bits per heavy atom. The molecule has 0 radical (unpaired) electrons. The summed E-state index contributed by atoms with van der Waals surface area (Å²) in [6.07, 6.45) is 4.14. The number of nitrogens with one attached hydrogen (secondary N) is 1. The molecule has 0 aliphatic rings. The first-order chi connectivity index (χ1) is 15.4. The van der Waals surface area contributed by atoms with Crippen LogP contribution in [0.15, 0.2) is 47.5 Å². The third-order valence-electron chi connectivity index (χ3n) is 4.96. The second-order valence-corrected chi connectivity index (χ2v) is 7.45. The van der Waals surface area contributed by atoms with Gasteiger partial charge in [0.2, 0.25) is 0 Å². The Morgan fingerprint density at radius 3 is 2.28 bits per heavy atom. The first-order valence-electron chi connectivity index (χ1n) is 10.8. The smallest absolute Gasteiger partial charge is 0.416 e. The monoisotopic (exact) mass is 450 g/mol. The largest absolute Gasteiger partial charge is 0.494 e. The van der Waals surface area contributed by atoms with Crippen LogP contribution in [-0.4, -0.2) is 23.9 Å². The van der Waals surface area contributed by atoms with Crippen molar-refractivity contribution in [3.05, 3.63) is 59.2 Å². The molecule has 0 fully saturated rings. The molecule has 0 heterocycles. The van der Waals surface area contributed by atoms with Crippen LogP contribution in [0.3, 0.4) is 0 Å². The molecule has 0 bridgehead atoms. The molecule has 0 amide bonds. The second-order valence-electron chi connectivity index (χ2n) is 7.45. The van der Waals surface area contributed by atoms with Crippen LogP contribution in [0.1, 0.15) is 73.4 Å². The Hall–Kier alpha value is -2.87. The lowest BCUT2D eigenvalue weighted by atomic mass is 10.0. The van der Waals surface area contributed by atoms with Crippen molar-refractivity contribution < 1.29 is 27.9 Å². The summed E-state index contributed by atoms with van der Waals surface area (Å²) in [4.78, 5) is 15.4. The minimum absolute atomic E-state index is 0.0343. The molecule has 0 atom stereocenters. The highest BCUT2D eigenvalue weighted by molar-refractivity contribution is 6.05. The topological polar surface area (TPSA) is 70.9 Å². The number of carbonyl (C=O) groups is 1. The van der Waals surface area contributed by atoms with Crippen molar-refractivity contribution in [2.45, 2.75) is 58.0 Å². The number of rotatable bonds is 12. The molecule has 0 unspecified atom stereocenters. The van der Waals surface area contributed by atoms with Gasteiger partial charge in [0, 0.05) is 11.1 Å². The van der Waals surface area contributed by atoms with Gasteiger partial charge in [-0.15, -0.1) is 0 Å². The van der Waals surface area contributed by atoms with Gasteiger partial charge in [0.1, 0.15) is 5.75 Å². The predicted octanol–water partition coefficient (Wildman–Crippen LogP) is 6.70. The van der Waals surface area contributed by atoms with Gasteiger partial charge in [-0.3, -0.25) is 15.5 Å². The van der Waals surface area contributed by atoms with Crippen LogP contribution in [-0.2, 0) is 6.18 Å². The lowest BCUT2D eigenvalue weighted by Gasteiger charge is -2.12. The minimum atomic E-state index is -4.59. The first kappa shape index (κ1) is 25.4. The van der Waals surface area contributed by atoms with Crippen LogP contribution in [0, 0.1) is 0 Å². The van der Waals surface area contributed by atoms with Crippen molar-refractivity contribution in [1.29, 1.82) is 0 Å². The Labute approximate surface area is 186 Å². The van der Waals surface area contributed by atoms with Crippen LogP contribution in [0.25, 0.3) is 0 Å². The van der Waals surface area contributed by atoms with E-state index in [1.807, 2.05) is 0 Å². The number of halogens is 3. The number of hydrogen-bond donors (Lipinski definition) is 2. The molecule has 8 heteroatoms. The highest BCUT2D eigenvalue weighted by atomic mass is 19.4. The van der Waals surface area contributed by atoms with E-state index in [1.54, 1.807) is 29.7 Å². The number of aliphatic imine (C=N–C) groups is 1. The van der Waals surface area contributed by atoms with E-state index < -0.39 is 11.7 Å². The summed E-state index contributed by atoms with van der Waals surface area (Å²) in [5.74, 6) is 0.385. The van der Waals surface area contributed by atoms with E-state index in [9.17, 15) is 23.2 Å². The van der Waals surface area contributed by atoms with Gasteiger partial charge in [0.05, 0.1) is 17.9 Å². The molecule has 2 aromatic rings. The van der Waals surface area contributed by atoms with E-state index in [1.165, 1.54) is 32.1 Å². The van der Waals surface area contributed by atoms with E-state index in [4.69, 9.17) is 4.74 Å². The molecule has 2 rings (SSSR count). The molecule has 0 aliphatic carbocycles. The minimum Gasteiger partial charge on any atom is -0.494 e. The summed E-state index contributed by atoms with van der Waals surface area (Å²) in [6, 6.07) is 9.24. The fraction of sp³-hybridized carbons (Fsp3) is 0.417. The summed E-state index contributed by atoms with van der Waals surface area (Å²) >= 11 is 0. The quantitative estimate of drug-likeness (QED) is 0.124. The molecule has 0 aliphatic heterocycles. The Morgan fingerprint density at radius 2 is 1.69 bits per heavy atom. The zero-order valence-electron chi connectivity index (χ0n) is 18.1. The van der Waals surface area contributed by atoms with Crippen LogP contribution < -0.4 is 10.2 Å². The molecule has 2 aromatic carbocycles. The molecule has 0 aromatic heterocycles. The van der Waals surface area contributed by atoms with Crippen molar-refractivity contribution in [3.8, 4) is 5.75 Å². The number of unbranched alkanes of at least 4 members (excludes halogenated alkanes) is 6. The van der Waals surface area contributed by atoms with Crippen molar-refractivity contribution in [2.75, 3.05) is 6.61 Å². The van der Waals surface area contributed by atoms with Crippen molar-refractivity contribution >= 4 is 17.8 Å². The van der Waals surface area contributed by atoms with Crippen molar-refractivity contribution in [2.24, 2.45) is 4.99 Å². The molecule has 2 N–H and O–H groups in total. The SMILES string of the molecule is CCCCCCCCCOc1ccc(N=C(NO)c2cc(C(F)(F)F)ccc2C=O)cc1. The first-order valence-corrected chi connectivity index (χ1v) is 10.8. The number of carbonyl (C=O) groups excluding carboxylic acids is 1. The molecule has 5 nitrogen and oxygen atoms in total. The molecule has 0 spiro atoms. The standard InChI is InChI=1S/C24H29F3N2O3/c1-2-3-4-5-6-7-8-15-32-21-13-11-20(12-14-21)28-23(29-31)22-16-19(24(25,26)27)10-9-18(22)17-30/h9-14,16-17,31H,2-8,15H2,1H3,(H,28,29). The number of alkyl halides is 3. The van der Waals surface area contributed by atoms with Gasteiger partial charge in [-0.25, -0.2) is 4.99 Å². The van der Waals surface area contributed by atoms with Gasteiger partial charge >= 0.3 is 6.18 Å². The summed E-state index contributed by atoms with van der Waals surface area (Å²) in [5, 5.41) is 9.44. The average Bonchev–Trinajstić information content (AvgIpc) is 2.79. The highest BCUT2D eigenvalue weighted by Crippen LogP contribution is 2.31. The molecule has 32 heavy (non-hydrogen) atoms. The van der Waals surface area contributed by atoms with Crippen LogP contribution in [0.2, 0.25) is 0 Å². The van der Waals surface area contributed by atoms with Gasteiger partial charge in [0.15, 0.2) is 12.1 Å². The maximum absolute atomic E-state index is 13.0. The van der Waals surface area contributed by atoms with E-state index >= 15 is 0 Å². The van der Waals surface area contributed by atoms with Crippen LogP contribution >= 0.6 is 0 Å². The van der Waals surface area contributed by atoms with E-state index in [-0.39, 0.29) is 17.0 Å². The van der Waals surface area contributed by atoms with Gasteiger partial charge in [-0.2, -0.15) is 13.2 Å². The maximum Gasteiger partial charge on any atom is 0.416 e. The fourth-order valence-electron chi connectivity index (χ4n) is 3.18. The molecule has 174 valence electrons. The number of hydroxylamine groups is 1. The number of benzene rings is 2. The van der Waals surface area contributed by atoms with Crippen molar-refractivity contribution in [1.82, 2.24) is 5.48 Å². The molecule has 0 saturated heterocycles. The zero-order chi connectivity index (χ0) is 23.4. The number of ether oxygens (including phenoxy) is 1. The highest BCUT2D eigenvalue weighted by Gasteiger charge is 2.31. The molecular formula is C24H29F3N2O3. The summed E-state index contributed by atoms with van der Waals surface area (Å²) < 4.78 is 44.8. The number of hydrogen-bond acceptors (Lipinski definition) is 4. The van der Waals surface area contributed by atoms with E-state index in [0.717, 1.165) is 31.0 Å². The molecule has 0 saturated carbocycles. The lowest BCUT2D eigenvalue weighted by Crippen LogP contribution is -2.22. The van der Waals surface area contributed by atoms with Gasteiger partial charge in [-0.1, -0.05) is 51.5 Å². The van der Waals surface area contributed by atoms with Crippen LogP contribution in [0.5, 0.6) is 5.75 Å². The molecular weight excluding hydrogens is 421 g/mol. The van der Waals surface area contributed by atoms with E-state index in [2.05, 4.69) is 11.9 Å². The van der Waals surface area contributed by atoms with Gasteiger partial charge < -0.3 is 4.74 Å². The maximum atomic E-state index is 13.0. The Kier molecular flexibility index (Phi) is 10.2. The van der Waals surface area contributed by atoms with E-state index in [0.29, 0.717) is 24.3 Å². The second kappa shape index (κ2) is 12.9. The Bertz CT molecular complexity index is 881. The normalized spacial score (nSPS) is 12.0. The predicted molar refractivity (Wildman–Crippen MR) is 118 cm³/mol. The van der Waals surface area contributed by atoms with Crippen molar-refractivity contribution in [3.63, 3.8) is 0 Å². The summed E-state index contributed by atoms with van der Waals surface area (Å²) in [6.45, 7) is 2.80. The lowest BCUT2D eigenvalue weighted by molar-refractivity contribution is -0.137. The summed E-state index contributed by atoms with van der Waals surface area (Å²) in [7, 11) is 0. The van der Waals surface area contributed by atoms with Crippen LogP contribution in [0.4, 0.5) is 18.9 Å². The summed E-state index contributed by atoms with van der Waals surface area (Å²) in [5.41, 5.74) is 1.03. The van der Waals surface area contributed by atoms with Gasteiger partial charge in [-0.05, 0) is 42.8 Å². The number of aldehydes is 1. The number of amidine groups is 1. The number of nitrogens with zero attached hydrogens (tertiary/aromatic N) is 1. The third kappa shape index (κ3) is 8.00. The average molecular weight is 451 g/mol. The third-order valence-corrected chi connectivity index (χ3v) is 4.96. The Balaban J connectivity index is 2.01. The van der Waals surface area contributed by atoms with Gasteiger partial charge in [0.25, 0.3) is 0 Å².